The highest BCUT2D eigenvalue weighted by molar-refractivity contribution is 9.09. The lowest BCUT2D eigenvalue weighted by atomic mass is 9.81. The first kappa shape index (κ1) is 12.8. The SMILES string of the molecule is CN(CC1(CBr)CCOCC1)C1CCOC1. The molecule has 0 radical (unpaired) electrons. The lowest BCUT2D eigenvalue weighted by Crippen LogP contribution is -2.45. The van der Waals surface area contributed by atoms with Crippen LogP contribution in [-0.2, 0) is 9.47 Å². The van der Waals surface area contributed by atoms with Gasteiger partial charge in [-0.25, -0.2) is 0 Å². The fourth-order valence-electron chi connectivity index (χ4n) is 2.67. The summed E-state index contributed by atoms with van der Waals surface area (Å²) in [5, 5.41) is 1.08. The van der Waals surface area contributed by atoms with Crippen LogP contribution in [0.2, 0.25) is 0 Å². The Hall–Kier alpha value is 0.360. The maximum atomic E-state index is 5.47. The quantitative estimate of drug-likeness (QED) is 0.739. The van der Waals surface area contributed by atoms with Gasteiger partial charge in [0.2, 0.25) is 0 Å². The largest absolute Gasteiger partial charge is 0.381 e. The van der Waals surface area contributed by atoms with E-state index in [1.165, 1.54) is 19.3 Å². The van der Waals surface area contributed by atoms with Crippen molar-refractivity contribution in [2.24, 2.45) is 5.41 Å². The number of hydrogen-bond donors (Lipinski definition) is 0. The third-order valence-electron chi connectivity index (χ3n) is 3.95. The molecule has 4 heteroatoms. The van der Waals surface area contributed by atoms with Crippen molar-refractivity contribution in [3.8, 4) is 0 Å². The maximum Gasteiger partial charge on any atom is 0.0622 e. The number of alkyl halides is 1. The zero-order valence-electron chi connectivity index (χ0n) is 10.1. The normalized spacial score (nSPS) is 29.8. The molecule has 2 aliphatic rings. The molecule has 2 heterocycles. The van der Waals surface area contributed by atoms with Gasteiger partial charge in [0.15, 0.2) is 0 Å². The van der Waals surface area contributed by atoms with Crippen LogP contribution >= 0.6 is 15.9 Å². The highest BCUT2D eigenvalue weighted by Gasteiger charge is 2.34. The van der Waals surface area contributed by atoms with Gasteiger partial charge in [-0.05, 0) is 31.7 Å². The van der Waals surface area contributed by atoms with E-state index in [2.05, 4.69) is 27.9 Å². The standard InChI is InChI=1S/C12H22BrNO2/c1-14(11-2-5-16-8-11)10-12(9-13)3-6-15-7-4-12/h11H,2-10H2,1H3. The Morgan fingerprint density at radius 2 is 2.00 bits per heavy atom. The molecule has 2 saturated heterocycles. The topological polar surface area (TPSA) is 21.7 Å². The molecule has 0 N–H and O–H groups in total. The predicted octanol–water partition coefficient (Wildman–Crippen LogP) is 1.90. The molecule has 0 saturated carbocycles. The van der Waals surface area contributed by atoms with Crippen LogP contribution in [-0.4, -0.2) is 56.3 Å². The molecular formula is C12H22BrNO2. The lowest BCUT2D eigenvalue weighted by Gasteiger charge is -2.40. The second-order valence-corrected chi connectivity index (χ2v) is 5.74. The molecule has 0 amide bonds. The van der Waals surface area contributed by atoms with Crippen LogP contribution < -0.4 is 0 Å². The zero-order valence-corrected chi connectivity index (χ0v) is 11.7. The number of ether oxygens (including phenoxy) is 2. The molecule has 0 bridgehead atoms. The van der Waals surface area contributed by atoms with Gasteiger partial charge in [0, 0.05) is 37.7 Å². The number of halogens is 1. The molecule has 1 unspecified atom stereocenters. The minimum atomic E-state index is 0.412. The Balaban J connectivity index is 1.89. The van der Waals surface area contributed by atoms with E-state index in [4.69, 9.17) is 9.47 Å². The van der Waals surface area contributed by atoms with Crippen LogP contribution in [0.15, 0.2) is 0 Å². The Labute approximate surface area is 107 Å². The number of rotatable bonds is 4. The summed E-state index contributed by atoms with van der Waals surface area (Å²) >= 11 is 3.69. The van der Waals surface area contributed by atoms with E-state index in [9.17, 15) is 0 Å². The van der Waals surface area contributed by atoms with Crippen LogP contribution in [0.5, 0.6) is 0 Å². The monoisotopic (exact) mass is 291 g/mol. The Morgan fingerprint density at radius 1 is 1.25 bits per heavy atom. The van der Waals surface area contributed by atoms with Gasteiger partial charge in [0.05, 0.1) is 6.61 Å². The fourth-order valence-corrected chi connectivity index (χ4v) is 3.40. The highest BCUT2D eigenvalue weighted by Crippen LogP contribution is 2.34. The summed E-state index contributed by atoms with van der Waals surface area (Å²) in [5.74, 6) is 0. The Kier molecular flexibility index (Phi) is 4.65. The van der Waals surface area contributed by atoms with E-state index in [-0.39, 0.29) is 0 Å². The lowest BCUT2D eigenvalue weighted by molar-refractivity contribution is 0.00508. The van der Waals surface area contributed by atoms with Crippen molar-refractivity contribution >= 4 is 15.9 Å². The molecule has 3 nitrogen and oxygen atoms in total. The van der Waals surface area contributed by atoms with Crippen molar-refractivity contribution in [1.82, 2.24) is 4.90 Å². The molecule has 16 heavy (non-hydrogen) atoms. The maximum absolute atomic E-state index is 5.47. The fraction of sp³-hybridized carbons (Fsp3) is 1.00. The number of hydrogen-bond acceptors (Lipinski definition) is 3. The molecule has 2 rings (SSSR count). The van der Waals surface area contributed by atoms with Crippen LogP contribution in [0.3, 0.4) is 0 Å². The van der Waals surface area contributed by atoms with E-state index in [1.54, 1.807) is 0 Å². The predicted molar refractivity (Wildman–Crippen MR) is 68.1 cm³/mol. The summed E-state index contributed by atoms with van der Waals surface area (Å²) in [6, 6.07) is 0.624. The molecule has 2 aliphatic heterocycles. The first-order chi connectivity index (χ1) is 7.76. The Morgan fingerprint density at radius 3 is 2.56 bits per heavy atom. The second-order valence-electron chi connectivity index (χ2n) is 5.18. The Bertz CT molecular complexity index is 213. The first-order valence-electron chi connectivity index (χ1n) is 6.17. The smallest absolute Gasteiger partial charge is 0.0622 e. The molecule has 0 aliphatic carbocycles. The number of likely N-dealkylation sites (N-methyl/N-ethyl adjacent to an activating group) is 1. The number of nitrogens with zero attached hydrogens (tertiary/aromatic N) is 1. The summed E-state index contributed by atoms with van der Waals surface area (Å²) in [6.45, 7) is 4.83. The average Bonchev–Trinajstić information content (AvgIpc) is 2.84. The second kappa shape index (κ2) is 5.80. The zero-order chi connectivity index (χ0) is 11.4. The minimum Gasteiger partial charge on any atom is -0.381 e. The average molecular weight is 292 g/mol. The summed E-state index contributed by atoms with van der Waals surface area (Å²) in [7, 11) is 2.24. The van der Waals surface area contributed by atoms with Crippen LogP contribution in [0.25, 0.3) is 0 Å². The van der Waals surface area contributed by atoms with Gasteiger partial charge in [-0.3, -0.25) is 0 Å². The van der Waals surface area contributed by atoms with Crippen LogP contribution in [0.1, 0.15) is 19.3 Å². The van der Waals surface area contributed by atoms with Gasteiger partial charge in [0.1, 0.15) is 0 Å². The molecule has 0 aromatic heterocycles. The molecule has 2 fully saturated rings. The summed E-state index contributed by atoms with van der Waals surface area (Å²) in [6.07, 6.45) is 3.54. The van der Waals surface area contributed by atoms with Crippen molar-refractivity contribution in [1.29, 1.82) is 0 Å². The third-order valence-corrected chi connectivity index (χ3v) is 5.14. The third kappa shape index (κ3) is 2.97. The van der Waals surface area contributed by atoms with Gasteiger partial charge in [-0.2, -0.15) is 0 Å². The molecular weight excluding hydrogens is 270 g/mol. The van der Waals surface area contributed by atoms with Gasteiger partial charge in [-0.15, -0.1) is 0 Å². The first-order valence-corrected chi connectivity index (χ1v) is 7.30. The van der Waals surface area contributed by atoms with Crippen LogP contribution in [0.4, 0.5) is 0 Å². The van der Waals surface area contributed by atoms with Crippen molar-refractivity contribution in [3.63, 3.8) is 0 Å². The van der Waals surface area contributed by atoms with E-state index in [0.717, 1.165) is 38.3 Å². The van der Waals surface area contributed by atoms with Gasteiger partial charge < -0.3 is 14.4 Å². The molecule has 0 aromatic carbocycles. The van der Waals surface area contributed by atoms with Gasteiger partial charge >= 0.3 is 0 Å². The van der Waals surface area contributed by atoms with Gasteiger partial charge in [-0.1, -0.05) is 15.9 Å². The highest BCUT2D eigenvalue weighted by atomic mass is 79.9. The summed E-state index contributed by atoms with van der Waals surface area (Å²) in [5.41, 5.74) is 0.412. The van der Waals surface area contributed by atoms with Crippen molar-refractivity contribution in [3.05, 3.63) is 0 Å². The van der Waals surface area contributed by atoms with Crippen molar-refractivity contribution in [2.75, 3.05) is 45.4 Å². The van der Waals surface area contributed by atoms with Gasteiger partial charge in [0.25, 0.3) is 0 Å². The van der Waals surface area contributed by atoms with E-state index in [0.29, 0.717) is 11.5 Å². The van der Waals surface area contributed by atoms with E-state index >= 15 is 0 Å². The summed E-state index contributed by atoms with van der Waals surface area (Å²) in [4.78, 5) is 2.49. The van der Waals surface area contributed by atoms with Crippen LogP contribution in [0, 0.1) is 5.41 Å². The summed E-state index contributed by atoms with van der Waals surface area (Å²) < 4.78 is 10.9. The minimum absolute atomic E-state index is 0.412. The molecule has 94 valence electrons. The molecule has 0 spiro atoms. The van der Waals surface area contributed by atoms with Crippen molar-refractivity contribution < 1.29 is 9.47 Å². The van der Waals surface area contributed by atoms with Crippen molar-refractivity contribution in [2.45, 2.75) is 25.3 Å². The van der Waals surface area contributed by atoms with E-state index in [1.807, 2.05) is 0 Å². The molecule has 1 atom stereocenters. The molecule has 0 aromatic rings. The van der Waals surface area contributed by atoms with E-state index < -0.39 is 0 Å².